The van der Waals surface area contributed by atoms with Crippen molar-refractivity contribution in [2.45, 2.75) is 19.4 Å². The monoisotopic (exact) mass is 199 g/mol. The molecule has 78 valence electrons. The van der Waals surface area contributed by atoms with Crippen molar-refractivity contribution in [2.24, 2.45) is 0 Å². The standard InChI is InChI=1S/C9H13NO4/c1-9(2)5-14-8(12)6(10-9)4-7(11)13-3/h4,10H,5H2,1-3H3/b6-4-. The van der Waals surface area contributed by atoms with Crippen LogP contribution in [0.5, 0.6) is 0 Å². The van der Waals surface area contributed by atoms with E-state index in [1.165, 1.54) is 7.11 Å². The summed E-state index contributed by atoms with van der Waals surface area (Å²) in [4.78, 5) is 22.1. The number of carbonyl (C=O) groups is 2. The van der Waals surface area contributed by atoms with Crippen molar-refractivity contribution in [2.75, 3.05) is 13.7 Å². The van der Waals surface area contributed by atoms with Crippen LogP contribution in [0.15, 0.2) is 11.8 Å². The Morgan fingerprint density at radius 1 is 1.64 bits per heavy atom. The fourth-order valence-electron chi connectivity index (χ4n) is 1.05. The van der Waals surface area contributed by atoms with Gasteiger partial charge in [0.05, 0.1) is 18.7 Å². The predicted octanol–water partition coefficient (Wildman–Crippen LogP) is -0.0317. The van der Waals surface area contributed by atoms with Gasteiger partial charge < -0.3 is 14.8 Å². The highest BCUT2D eigenvalue weighted by Gasteiger charge is 2.30. The van der Waals surface area contributed by atoms with E-state index in [2.05, 4.69) is 10.1 Å². The molecule has 0 aromatic carbocycles. The number of esters is 2. The maximum atomic E-state index is 11.2. The molecule has 1 aliphatic rings. The summed E-state index contributed by atoms with van der Waals surface area (Å²) < 4.78 is 9.28. The van der Waals surface area contributed by atoms with E-state index in [0.29, 0.717) is 0 Å². The molecule has 1 N–H and O–H groups in total. The van der Waals surface area contributed by atoms with Crippen LogP contribution >= 0.6 is 0 Å². The average molecular weight is 199 g/mol. The molecule has 14 heavy (non-hydrogen) atoms. The maximum Gasteiger partial charge on any atom is 0.354 e. The van der Waals surface area contributed by atoms with E-state index in [-0.39, 0.29) is 17.8 Å². The molecule has 0 radical (unpaired) electrons. The quantitative estimate of drug-likeness (QED) is 0.474. The van der Waals surface area contributed by atoms with Gasteiger partial charge in [0, 0.05) is 0 Å². The Labute approximate surface area is 82.1 Å². The highest BCUT2D eigenvalue weighted by molar-refractivity contribution is 5.96. The molecule has 1 heterocycles. The molecule has 5 heteroatoms. The van der Waals surface area contributed by atoms with Gasteiger partial charge in [-0.1, -0.05) is 0 Å². The van der Waals surface area contributed by atoms with Crippen molar-refractivity contribution in [1.82, 2.24) is 5.32 Å². The molecule has 1 fully saturated rings. The zero-order chi connectivity index (χ0) is 10.8. The van der Waals surface area contributed by atoms with Crippen LogP contribution < -0.4 is 5.32 Å². The molecule has 1 rings (SSSR count). The molecule has 0 unspecified atom stereocenters. The summed E-state index contributed by atoms with van der Waals surface area (Å²) >= 11 is 0. The van der Waals surface area contributed by atoms with Crippen LogP contribution in [0.4, 0.5) is 0 Å². The molecule has 0 saturated carbocycles. The third-order valence-corrected chi connectivity index (χ3v) is 1.72. The van der Waals surface area contributed by atoms with E-state index < -0.39 is 11.9 Å². The molecule has 0 amide bonds. The number of morpholine rings is 1. The van der Waals surface area contributed by atoms with Gasteiger partial charge in [0.1, 0.15) is 12.3 Å². The second-order valence-electron chi connectivity index (χ2n) is 3.67. The van der Waals surface area contributed by atoms with Crippen molar-refractivity contribution >= 4 is 11.9 Å². The van der Waals surface area contributed by atoms with Crippen LogP contribution in [-0.2, 0) is 19.1 Å². The zero-order valence-electron chi connectivity index (χ0n) is 8.42. The van der Waals surface area contributed by atoms with E-state index in [9.17, 15) is 9.59 Å². The third kappa shape index (κ3) is 2.48. The predicted molar refractivity (Wildman–Crippen MR) is 48.3 cm³/mol. The average Bonchev–Trinajstić information content (AvgIpc) is 2.11. The number of hydrogen-bond acceptors (Lipinski definition) is 5. The largest absolute Gasteiger partial charge is 0.466 e. The summed E-state index contributed by atoms with van der Waals surface area (Å²) in [5.74, 6) is -1.11. The van der Waals surface area contributed by atoms with Crippen LogP contribution in [0.25, 0.3) is 0 Å². The van der Waals surface area contributed by atoms with Crippen LogP contribution in [0.1, 0.15) is 13.8 Å². The first kappa shape index (κ1) is 10.6. The van der Waals surface area contributed by atoms with E-state index in [1.54, 1.807) is 0 Å². The summed E-state index contributed by atoms with van der Waals surface area (Å²) in [7, 11) is 1.25. The number of methoxy groups -OCH3 is 1. The Bertz CT molecular complexity index is 293. The number of hydrogen-bond donors (Lipinski definition) is 1. The van der Waals surface area contributed by atoms with Gasteiger partial charge in [0.2, 0.25) is 0 Å². The van der Waals surface area contributed by atoms with Crippen LogP contribution in [0.2, 0.25) is 0 Å². The molecular weight excluding hydrogens is 186 g/mol. The smallest absolute Gasteiger partial charge is 0.354 e. The Morgan fingerprint density at radius 2 is 2.29 bits per heavy atom. The van der Waals surface area contributed by atoms with E-state index in [1.807, 2.05) is 13.8 Å². The number of cyclic esters (lactones) is 1. The summed E-state index contributed by atoms with van der Waals surface area (Å²) in [6.07, 6.45) is 1.09. The summed E-state index contributed by atoms with van der Waals surface area (Å²) in [5, 5.41) is 2.89. The zero-order valence-corrected chi connectivity index (χ0v) is 8.42. The molecule has 1 aliphatic heterocycles. The van der Waals surface area contributed by atoms with Gasteiger partial charge in [0.15, 0.2) is 0 Å². The number of rotatable bonds is 1. The Morgan fingerprint density at radius 3 is 2.86 bits per heavy atom. The molecular formula is C9H13NO4. The second-order valence-corrected chi connectivity index (χ2v) is 3.67. The van der Waals surface area contributed by atoms with Crippen LogP contribution in [-0.4, -0.2) is 31.2 Å². The van der Waals surface area contributed by atoms with Gasteiger partial charge in [-0.3, -0.25) is 0 Å². The van der Waals surface area contributed by atoms with Crippen molar-refractivity contribution in [3.8, 4) is 0 Å². The van der Waals surface area contributed by atoms with Gasteiger partial charge in [-0.15, -0.1) is 0 Å². The first-order chi connectivity index (χ1) is 6.44. The molecule has 5 nitrogen and oxygen atoms in total. The summed E-state index contributed by atoms with van der Waals surface area (Å²) in [6, 6.07) is 0. The summed E-state index contributed by atoms with van der Waals surface area (Å²) in [6.45, 7) is 4.01. The summed E-state index contributed by atoms with van der Waals surface area (Å²) in [5.41, 5.74) is -0.221. The lowest BCUT2D eigenvalue weighted by Crippen LogP contribution is -2.50. The van der Waals surface area contributed by atoms with E-state index in [0.717, 1.165) is 6.08 Å². The SMILES string of the molecule is COC(=O)/C=C1\NC(C)(C)COC1=O. The molecule has 0 spiro atoms. The second kappa shape index (κ2) is 3.69. The van der Waals surface area contributed by atoms with Crippen molar-refractivity contribution in [1.29, 1.82) is 0 Å². The third-order valence-electron chi connectivity index (χ3n) is 1.72. The Balaban J connectivity index is 2.80. The van der Waals surface area contributed by atoms with Gasteiger partial charge in [-0.05, 0) is 13.8 Å². The fourth-order valence-corrected chi connectivity index (χ4v) is 1.05. The molecule has 0 aliphatic carbocycles. The first-order valence-electron chi connectivity index (χ1n) is 4.19. The molecule has 1 saturated heterocycles. The van der Waals surface area contributed by atoms with Crippen molar-refractivity contribution < 1.29 is 19.1 Å². The van der Waals surface area contributed by atoms with Gasteiger partial charge in [0.25, 0.3) is 0 Å². The Hall–Kier alpha value is -1.52. The van der Waals surface area contributed by atoms with Crippen LogP contribution in [0, 0.1) is 0 Å². The molecule has 0 bridgehead atoms. The Kier molecular flexibility index (Phi) is 2.78. The minimum atomic E-state index is -0.581. The minimum Gasteiger partial charge on any atom is -0.466 e. The minimum absolute atomic E-state index is 0.133. The number of ether oxygens (including phenoxy) is 2. The molecule has 0 aromatic heterocycles. The highest BCUT2D eigenvalue weighted by atomic mass is 16.5. The number of carbonyl (C=O) groups excluding carboxylic acids is 2. The van der Waals surface area contributed by atoms with Crippen molar-refractivity contribution in [3.63, 3.8) is 0 Å². The van der Waals surface area contributed by atoms with E-state index >= 15 is 0 Å². The molecule has 0 aromatic rings. The highest BCUT2D eigenvalue weighted by Crippen LogP contribution is 2.13. The van der Waals surface area contributed by atoms with Gasteiger partial charge in [-0.2, -0.15) is 0 Å². The van der Waals surface area contributed by atoms with Gasteiger partial charge in [-0.25, -0.2) is 9.59 Å². The lowest BCUT2D eigenvalue weighted by atomic mass is 10.1. The lowest BCUT2D eigenvalue weighted by Gasteiger charge is -2.32. The lowest BCUT2D eigenvalue weighted by molar-refractivity contribution is -0.146. The van der Waals surface area contributed by atoms with Gasteiger partial charge >= 0.3 is 11.9 Å². The number of nitrogens with one attached hydrogen (secondary N) is 1. The first-order valence-corrected chi connectivity index (χ1v) is 4.19. The topological polar surface area (TPSA) is 64.6 Å². The normalized spacial score (nSPS) is 22.5. The molecule has 0 atom stereocenters. The fraction of sp³-hybridized carbons (Fsp3) is 0.556. The van der Waals surface area contributed by atoms with Crippen LogP contribution in [0.3, 0.4) is 0 Å². The van der Waals surface area contributed by atoms with Crippen molar-refractivity contribution in [3.05, 3.63) is 11.8 Å². The maximum absolute atomic E-state index is 11.2. The van der Waals surface area contributed by atoms with E-state index in [4.69, 9.17) is 4.74 Å².